The molecule has 1 saturated heterocycles. The molecule has 0 saturated carbocycles. The Labute approximate surface area is 101 Å². The molecule has 0 aromatic carbocycles. The van der Waals surface area contributed by atoms with E-state index < -0.39 is 5.97 Å². The van der Waals surface area contributed by atoms with Gasteiger partial charge < -0.3 is 15.1 Å². The summed E-state index contributed by atoms with van der Waals surface area (Å²) in [5.41, 5.74) is 0. The molecule has 1 amide bonds. The van der Waals surface area contributed by atoms with E-state index in [4.69, 9.17) is 5.11 Å². The van der Waals surface area contributed by atoms with Crippen LogP contribution in [0.25, 0.3) is 0 Å². The van der Waals surface area contributed by atoms with Crippen LogP contribution in [0.5, 0.6) is 0 Å². The number of aliphatic hydroxyl groups is 1. The number of hydrogen-bond acceptors (Lipinski definition) is 3. The predicted octanol–water partition coefficient (Wildman–Crippen LogP) is 0.637. The van der Waals surface area contributed by atoms with Gasteiger partial charge in [0, 0.05) is 31.2 Å². The van der Waals surface area contributed by atoms with Crippen molar-refractivity contribution in [2.24, 2.45) is 5.92 Å². The van der Waals surface area contributed by atoms with Crippen LogP contribution in [0.1, 0.15) is 26.2 Å². The number of rotatable bonds is 4. The second-order valence-electron chi connectivity index (χ2n) is 4.36. The van der Waals surface area contributed by atoms with Crippen molar-refractivity contribution in [3.8, 4) is 0 Å². The lowest BCUT2D eigenvalue weighted by atomic mass is 9.91. The molecule has 1 aliphatic heterocycles. The summed E-state index contributed by atoms with van der Waals surface area (Å²) in [5, 5.41) is 18.2. The Kier molecular flexibility index (Phi) is 5.15. The molecular formula is C12H19NO4. The van der Waals surface area contributed by atoms with E-state index in [9.17, 15) is 14.7 Å². The summed E-state index contributed by atoms with van der Waals surface area (Å²) in [6.07, 6.45) is 3.99. The zero-order valence-corrected chi connectivity index (χ0v) is 10.0. The monoisotopic (exact) mass is 241 g/mol. The van der Waals surface area contributed by atoms with E-state index in [1.807, 2.05) is 6.92 Å². The molecule has 1 rings (SSSR count). The number of nitrogens with zero attached hydrogens (tertiary/aromatic N) is 1. The Bertz CT molecular complexity index is 314. The summed E-state index contributed by atoms with van der Waals surface area (Å²) in [4.78, 5) is 23.6. The Balaban J connectivity index is 2.55. The lowest BCUT2D eigenvalue weighted by molar-refractivity contribution is -0.133. The molecule has 5 heteroatoms. The average Bonchev–Trinajstić information content (AvgIpc) is 2.29. The fourth-order valence-electron chi connectivity index (χ4n) is 2.12. The van der Waals surface area contributed by atoms with Crippen molar-refractivity contribution in [2.75, 3.05) is 13.1 Å². The van der Waals surface area contributed by atoms with Gasteiger partial charge in [-0.15, -0.1) is 0 Å². The number of hydrogen-bond donors (Lipinski definition) is 2. The Morgan fingerprint density at radius 2 is 2.12 bits per heavy atom. The summed E-state index contributed by atoms with van der Waals surface area (Å²) in [6.45, 7) is 3.04. The molecule has 1 fully saturated rings. The number of likely N-dealkylation sites (tertiary alicyclic amines) is 1. The highest BCUT2D eigenvalue weighted by atomic mass is 16.4. The molecule has 0 aliphatic carbocycles. The van der Waals surface area contributed by atoms with Crippen LogP contribution in [0.2, 0.25) is 0 Å². The molecule has 0 bridgehead atoms. The molecular weight excluding hydrogens is 222 g/mol. The van der Waals surface area contributed by atoms with Crippen molar-refractivity contribution in [1.82, 2.24) is 4.90 Å². The molecule has 17 heavy (non-hydrogen) atoms. The Morgan fingerprint density at radius 1 is 1.41 bits per heavy atom. The second-order valence-corrected chi connectivity index (χ2v) is 4.36. The van der Waals surface area contributed by atoms with Gasteiger partial charge in [0.25, 0.3) is 0 Å². The quantitative estimate of drug-likeness (QED) is 0.708. The molecule has 2 N–H and O–H groups in total. The first-order chi connectivity index (χ1) is 8.04. The third-order valence-electron chi connectivity index (χ3n) is 3.03. The number of carboxylic acids is 1. The normalized spacial score (nSPS) is 25.2. The van der Waals surface area contributed by atoms with E-state index >= 15 is 0 Å². The van der Waals surface area contributed by atoms with E-state index in [-0.39, 0.29) is 17.9 Å². The minimum absolute atomic E-state index is 0.107. The van der Waals surface area contributed by atoms with E-state index in [1.165, 1.54) is 0 Å². The third kappa shape index (κ3) is 4.19. The second kappa shape index (κ2) is 6.39. The van der Waals surface area contributed by atoms with Crippen LogP contribution in [0, 0.1) is 5.92 Å². The van der Waals surface area contributed by atoms with E-state index in [0.29, 0.717) is 19.5 Å². The molecule has 1 heterocycles. The van der Waals surface area contributed by atoms with Crippen molar-refractivity contribution >= 4 is 11.9 Å². The number of carbonyl (C=O) groups is 2. The molecule has 1 aliphatic rings. The maximum atomic E-state index is 11.7. The number of aliphatic hydroxyl groups excluding tert-OH is 1. The van der Waals surface area contributed by atoms with Gasteiger partial charge in [0.05, 0.1) is 6.10 Å². The van der Waals surface area contributed by atoms with Gasteiger partial charge >= 0.3 is 5.97 Å². The molecule has 0 radical (unpaired) electrons. The van der Waals surface area contributed by atoms with Crippen LogP contribution >= 0.6 is 0 Å². The van der Waals surface area contributed by atoms with Crippen LogP contribution in [-0.4, -0.2) is 46.2 Å². The molecule has 2 atom stereocenters. The molecule has 0 unspecified atom stereocenters. The predicted molar refractivity (Wildman–Crippen MR) is 62.4 cm³/mol. The van der Waals surface area contributed by atoms with Crippen LogP contribution in [0.3, 0.4) is 0 Å². The topological polar surface area (TPSA) is 77.8 Å². The van der Waals surface area contributed by atoms with E-state index in [2.05, 4.69) is 0 Å². The standard InChI is InChI=1S/C12H19NO4/c1-2-3-9-8-13(7-6-10(9)14)11(15)4-5-12(16)17/h4-5,9-10,14H,2-3,6-8H2,1H3,(H,16,17)/b5-4+/t9-,10+/m0/s1. The Hall–Kier alpha value is -1.36. The highest BCUT2D eigenvalue weighted by Crippen LogP contribution is 2.21. The summed E-state index contributed by atoms with van der Waals surface area (Å²) in [6, 6.07) is 0. The van der Waals surface area contributed by atoms with Crippen LogP contribution in [-0.2, 0) is 9.59 Å². The first-order valence-corrected chi connectivity index (χ1v) is 5.92. The van der Waals surface area contributed by atoms with Crippen molar-refractivity contribution in [3.05, 3.63) is 12.2 Å². The molecule has 0 spiro atoms. The number of aliphatic carboxylic acids is 1. The third-order valence-corrected chi connectivity index (χ3v) is 3.03. The highest BCUT2D eigenvalue weighted by molar-refractivity contribution is 5.93. The SMILES string of the molecule is CCC[C@H]1CN(C(=O)/C=C/C(=O)O)CC[C@H]1O. The maximum Gasteiger partial charge on any atom is 0.328 e. The minimum Gasteiger partial charge on any atom is -0.478 e. The highest BCUT2D eigenvalue weighted by Gasteiger charge is 2.28. The van der Waals surface area contributed by atoms with Crippen molar-refractivity contribution in [2.45, 2.75) is 32.3 Å². The van der Waals surface area contributed by atoms with Gasteiger partial charge in [-0.25, -0.2) is 4.79 Å². The number of amides is 1. The molecule has 5 nitrogen and oxygen atoms in total. The van der Waals surface area contributed by atoms with Gasteiger partial charge in [0.15, 0.2) is 0 Å². The average molecular weight is 241 g/mol. The number of carboxylic acid groups (broad SMARTS) is 1. The molecule has 96 valence electrons. The summed E-state index contributed by atoms with van der Waals surface area (Å²) >= 11 is 0. The van der Waals surface area contributed by atoms with Gasteiger partial charge in [-0.3, -0.25) is 4.79 Å². The van der Waals surface area contributed by atoms with Crippen molar-refractivity contribution in [1.29, 1.82) is 0 Å². The van der Waals surface area contributed by atoms with Crippen LogP contribution in [0.15, 0.2) is 12.2 Å². The zero-order valence-electron chi connectivity index (χ0n) is 10.0. The largest absolute Gasteiger partial charge is 0.478 e. The number of carbonyl (C=O) groups excluding carboxylic acids is 1. The van der Waals surface area contributed by atoms with E-state index in [1.54, 1.807) is 4.90 Å². The van der Waals surface area contributed by atoms with E-state index in [0.717, 1.165) is 25.0 Å². The maximum absolute atomic E-state index is 11.7. The van der Waals surface area contributed by atoms with Gasteiger partial charge in [0.1, 0.15) is 0 Å². The van der Waals surface area contributed by atoms with Gasteiger partial charge in [-0.05, 0) is 12.8 Å². The summed E-state index contributed by atoms with van der Waals surface area (Å²) in [7, 11) is 0. The zero-order chi connectivity index (χ0) is 12.8. The first-order valence-electron chi connectivity index (χ1n) is 5.92. The minimum atomic E-state index is -1.12. The smallest absolute Gasteiger partial charge is 0.328 e. The van der Waals surface area contributed by atoms with Crippen molar-refractivity contribution in [3.63, 3.8) is 0 Å². The molecule has 0 aromatic rings. The lowest BCUT2D eigenvalue weighted by Crippen LogP contribution is -2.45. The lowest BCUT2D eigenvalue weighted by Gasteiger charge is -2.35. The fraction of sp³-hybridized carbons (Fsp3) is 0.667. The van der Waals surface area contributed by atoms with Crippen LogP contribution < -0.4 is 0 Å². The van der Waals surface area contributed by atoms with Gasteiger partial charge in [-0.1, -0.05) is 13.3 Å². The summed E-state index contributed by atoms with van der Waals surface area (Å²) in [5.74, 6) is -1.31. The fourth-order valence-corrected chi connectivity index (χ4v) is 2.12. The number of piperidine rings is 1. The van der Waals surface area contributed by atoms with Gasteiger partial charge in [0.2, 0.25) is 5.91 Å². The van der Waals surface area contributed by atoms with Crippen molar-refractivity contribution < 1.29 is 19.8 Å². The molecule has 0 aromatic heterocycles. The first kappa shape index (κ1) is 13.7. The Morgan fingerprint density at radius 3 is 2.71 bits per heavy atom. The van der Waals surface area contributed by atoms with Gasteiger partial charge in [-0.2, -0.15) is 0 Å². The van der Waals surface area contributed by atoms with Crippen LogP contribution in [0.4, 0.5) is 0 Å². The summed E-state index contributed by atoms with van der Waals surface area (Å²) < 4.78 is 0.